The third-order valence-corrected chi connectivity index (χ3v) is 4.78. The number of hydrogen-bond donors (Lipinski definition) is 1. The first-order chi connectivity index (χ1) is 13.4. The monoisotopic (exact) mass is 379 g/mol. The van der Waals surface area contributed by atoms with Crippen LogP contribution in [0, 0.1) is 13.8 Å². The Morgan fingerprint density at radius 1 is 1.14 bits per heavy atom. The third-order valence-electron chi connectivity index (χ3n) is 4.78. The molecule has 0 aliphatic carbocycles. The van der Waals surface area contributed by atoms with Gasteiger partial charge in [0.1, 0.15) is 5.58 Å². The minimum Gasteiger partial charge on any atom is -0.464 e. The number of rotatable bonds is 6. The molecule has 2 aromatic carbocycles. The first kappa shape index (κ1) is 19.7. The number of carbonyl (C=O) groups is 2. The second kappa shape index (κ2) is 8.30. The van der Waals surface area contributed by atoms with E-state index in [2.05, 4.69) is 12.2 Å². The summed E-state index contributed by atoms with van der Waals surface area (Å²) in [6.07, 6.45) is 1.66. The Labute approximate surface area is 164 Å². The molecule has 1 heterocycles. The molecule has 1 amide bonds. The van der Waals surface area contributed by atoms with Gasteiger partial charge in [-0.2, -0.15) is 0 Å². The highest BCUT2D eigenvalue weighted by Crippen LogP contribution is 2.23. The zero-order valence-electron chi connectivity index (χ0n) is 16.7. The summed E-state index contributed by atoms with van der Waals surface area (Å²) in [5.41, 5.74) is 5.47. The van der Waals surface area contributed by atoms with Gasteiger partial charge >= 0.3 is 5.97 Å². The molecule has 0 aliphatic heterocycles. The number of fused-ring (bicyclic) bond motifs is 1. The van der Waals surface area contributed by atoms with E-state index in [1.165, 1.54) is 5.56 Å². The van der Waals surface area contributed by atoms with Gasteiger partial charge < -0.3 is 14.5 Å². The van der Waals surface area contributed by atoms with Crippen molar-refractivity contribution in [1.82, 2.24) is 0 Å². The maximum Gasteiger partial charge on any atom is 0.311 e. The largest absolute Gasteiger partial charge is 0.464 e. The maximum atomic E-state index is 12.4. The Morgan fingerprint density at radius 3 is 2.64 bits per heavy atom. The molecule has 1 N–H and O–H groups in total. The summed E-state index contributed by atoms with van der Waals surface area (Å²) < 4.78 is 10.9. The predicted molar refractivity (Wildman–Crippen MR) is 109 cm³/mol. The molecule has 3 aromatic rings. The van der Waals surface area contributed by atoms with Gasteiger partial charge in [0.15, 0.2) is 6.10 Å². The van der Waals surface area contributed by atoms with Crippen LogP contribution in [-0.2, 0) is 27.2 Å². The van der Waals surface area contributed by atoms with Gasteiger partial charge in [-0.05, 0) is 50.5 Å². The van der Waals surface area contributed by atoms with Crippen molar-refractivity contribution in [3.8, 4) is 0 Å². The van der Waals surface area contributed by atoms with Crippen molar-refractivity contribution in [2.45, 2.75) is 46.6 Å². The number of benzene rings is 2. The summed E-state index contributed by atoms with van der Waals surface area (Å²) in [6.45, 7) is 7.56. The molecule has 146 valence electrons. The first-order valence-electron chi connectivity index (χ1n) is 9.44. The normalized spacial score (nSPS) is 12.0. The van der Waals surface area contributed by atoms with E-state index in [1.54, 1.807) is 13.2 Å². The Hall–Kier alpha value is -3.08. The number of carbonyl (C=O) groups excluding carboxylic acids is 2. The van der Waals surface area contributed by atoms with Crippen molar-refractivity contribution in [3.63, 3.8) is 0 Å². The van der Waals surface area contributed by atoms with Gasteiger partial charge in [-0.3, -0.25) is 9.59 Å². The lowest BCUT2D eigenvalue weighted by Crippen LogP contribution is -2.30. The van der Waals surface area contributed by atoms with Gasteiger partial charge in [0.25, 0.3) is 5.91 Å². The van der Waals surface area contributed by atoms with Crippen molar-refractivity contribution < 1.29 is 18.7 Å². The molecule has 0 saturated carbocycles. The standard InChI is InChI=1S/C23H25NO4/c1-5-17-7-8-19-18(13-27-21(19)11-17)12-22(25)28-16(4)23(26)24-20-9-6-14(2)10-15(20)3/h6-11,13,16H,5,12H2,1-4H3,(H,24,26)/t16-/m0/s1. The fourth-order valence-corrected chi connectivity index (χ4v) is 3.12. The fraction of sp³-hybridized carbons (Fsp3) is 0.304. The number of amides is 1. The average molecular weight is 379 g/mol. The van der Waals surface area contributed by atoms with Crippen LogP contribution in [-0.4, -0.2) is 18.0 Å². The van der Waals surface area contributed by atoms with Crippen molar-refractivity contribution >= 4 is 28.5 Å². The van der Waals surface area contributed by atoms with E-state index in [-0.39, 0.29) is 12.3 Å². The lowest BCUT2D eigenvalue weighted by molar-refractivity contribution is -0.152. The summed E-state index contributed by atoms with van der Waals surface area (Å²) >= 11 is 0. The van der Waals surface area contributed by atoms with E-state index in [1.807, 2.05) is 50.2 Å². The number of nitrogens with one attached hydrogen (secondary N) is 1. The molecule has 5 heteroatoms. The highest BCUT2D eigenvalue weighted by atomic mass is 16.5. The lowest BCUT2D eigenvalue weighted by atomic mass is 10.1. The molecule has 1 aromatic heterocycles. The molecule has 28 heavy (non-hydrogen) atoms. The van der Waals surface area contributed by atoms with E-state index in [0.717, 1.165) is 34.1 Å². The van der Waals surface area contributed by atoms with Crippen LogP contribution in [0.3, 0.4) is 0 Å². The van der Waals surface area contributed by atoms with Crippen LogP contribution in [0.2, 0.25) is 0 Å². The van der Waals surface area contributed by atoms with Crippen LogP contribution in [0.1, 0.15) is 36.1 Å². The predicted octanol–water partition coefficient (Wildman–Crippen LogP) is 4.72. The molecule has 0 bridgehead atoms. The van der Waals surface area contributed by atoms with Gasteiger partial charge in [0.05, 0.1) is 12.7 Å². The van der Waals surface area contributed by atoms with E-state index in [9.17, 15) is 9.59 Å². The molecule has 0 aliphatic rings. The van der Waals surface area contributed by atoms with E-state index >= 15 is 0 Å². The van der Waals surface area contributed by atoms with Crippen LogP contribution in [0.25, 0.3) is 11.0 Å². The van der Waals surface area contributed by atoms with Crippen LogP contribution in [0.4, 0.5) is 5.69 Å². The zero-order valence-corrected chi connectivity index (χ0v) is 16.7. The molecule has 0 radical (unpaired) electrons. The minimum atomic E-state index is -0.891. The minimum absolute atomic E-state index is 0.0552. The number of hydrogen-bond acceptors (Lipinski definition) is 4. The summed E-state index contributed by atoms with van der Waals surface area (Å²) in [7, 11) is 0. The number of ether oxygens (including phenoxy) is 1. The fourth-order valence-electron chi connectivity index (χ4n) is 3.12. The lowest BCUT2D eigenvalue weighted by Gasteiger charge is -2.15. The number of esters is 1. The van der Waals surface area contributed by atoms with Gasteiger partial charge in [-0.15, -0.1) is 0 Å². The van der Waals surface area contributed by atoms with Gasteiger partial charge in [-0.25, -0.2) is 0 Å². The molecule has 0 fully saturated rings. The highest BCUT2D eigenvalue weighted by molar-refractivity contribution is 5.96. The quantitative estimate of drug-likeness (QED) is 0.629. The molecule has 5 nitrogen and oxygen atoms in total. The Bertz CT molecular complexity index is 1020. The van der Waals surface area contributed by atoms with Gasteiger partial charge in [0.2, 0.25) is 0 Å². The molecular weight excluding hydrogens is 354 g/mol. The van der Waals surface area contributed by atoms with Crippen molar-refractivity contribution in [1.29, 1.82) is 0 Å². The molecule has 1 atom stereocenters. The van der Waals surface area contributed by atoms with Crippen LogP contribution >= 0.6 is 0 Å². The van der Waals surface area contributed by atoms with Crippen molar-refractivity contribution in [3.05, 3.63) is 64.9 Å². The molecule has 0 unspecified atom stereocenters. The average Bonchev–Trinajstić information content (AvgIpc) is 3.05. The smallest absolute Gasteiger partial charge is 0.311 e. The van der Waals surface area contributed by atoms with Crippen LogP contribution in [0.15, 0.2) is 47.1 Å². The van der Waals surface area contributed by atoms with Crippen molar-refractivity contribution in [2.75, 3.05) is 5.32 Å². The van der Waals surface area contributed by atoms with E-state index in [4.69, 9.17) is 9.15 Å². The van der Waals surface area contributed by atoms with Crippen LogP contribution in [0.5, 0.6) is 0 Å². The van der Waals surface area contributed by atoms with E-state index < -0.39 is 12.1 Å². The third kappa shape index (κ3) is 4.42. The molecule has 0 spiro atoms. The topological polar surface area (TPSA) is 68.5 Å². The first-order valence-corrected chi connectivity index (χ1v) is 9.44. The SMILES string of the molecule is CCc1ccc2c(CC(=O)O[C@@H](C)C(=O)Nc3ccc(C)cc3C)coc2c1. The number of anilines is 1. The molecular formula is C23H25NO4. The maximum absolute atomic E-state index is 12.4. The Morgan fingerprint density at radius 2 is 1.93 bits per heavy atom. The Balaban J connectivity index is 1.61. The molecule has 0 saturated heterocycles. The second-order valence-electron chi connectivity index (χ2n) is 7.06. The van der Waals surface area contributed by atoms with Gasteiger partial charge in [-0.1, -0.05) is 36.8 Å². The summed E-state index contributed by atoms with van der Waals surface area (Å²) in [6, 6.07) is 11.7. The van der Waals surface area contributed by atoms with E-state index in [0.29, 0.717) is 5.69 Å². The zero-order chi connectivity index (χ0) is 20.3. The summed E-state index contributed by atoms with van der Waals surface area (Å²) in [5, 5.41) is 3.70. The number of furan rings is 1. The second-order valence-corrected chi connectivity index (χ2v) is 7.06. The summed E-state index contributed by atoms with van der Waals surface area (Å²) in [4.78, 5) is 24.7. The highest BCUT2D eigenvalue weighted by Gasteiger charge is 2.20. The Kier molecular flexibility index (Phi) is 5.83. The van der Waals surface area contributed by atoms with Crippen LogP contribution < -0.4 is 5.32 Å². The van der Waals surface area contributed by atoms with Gasteiger partial charge in [0, 0.05) is 16.6 Å². The molecule has 3 rings (SSSR count). The summed E-state index contributed by atoms with van der Waals surface area (Å²) in [5.74, 6) is -0.824. The number of aryl methyl sites for hydroxylation is 3. The van der Waals surface area contributed by atoms with Crippen molar-refractivity contribution in [2.24, 2.45) is 0 Å².